The van der Waals surface area contributed by atoms with Crippen molar-refractivity contribution in [3.05, 3.63) is 29.8 Å². The van der Waals surface area contributed by atoms with Gasteiger partial charge in [0.05, 0.1) is 6.54 Å². The highest BCUT2D eigenvalue weighted by atomic mass is 16.3. The number of nitrogens with one attached hydrogen (secondary N) is 1. The van der Waals surface area contributed by atoms with Crippen molar-refractivity contribution in [1.82, 2.24) is 4.90 Å². The van der Waals surface area contributed by atoms with E-state index in [0.717, 1.165) is 37.1 Å². The van der Waals surface area contributed by atoms with Crippen molar-refractivity contribution in [3.63, 3.8) is 0 Å². The van der Waals surface area contributed by atoms with Crippen LogP contribution in [0.15, 0.2) is 24.3 Å². The van der Waals surface area contributed by atoms with Crippen LogP contribution in [0.1, 0.15) is 31.2 Å². The fourth-order valence-electron chi connectivity index (χ4n) is 2.53. The average molecular weight is 291 g/mol. The summed E-state index contributed by atoms with van der Waals surface area (Å²) in [5.74, 6) is 0.000313. The first-order valence-corrected chi connectivity index (χ1v) is 7.66. The SMILES string of the molecule is NCc1ccc(NC(=O)CN(CCCO)C2CCC2)cc1. The molecule has 1 fully saturated rings. The summed E-state index contributed by atoms with van der Waals surface area (Å²) in [5, 5.41) is 11.9. The van der Waals surface area contributed by atoms with Gasteiger partial charge in [-0.1, -0.05) is 18.6 Å². The molecule has 0 aromatic heterocycles. The molecule has 0 aliphatic heterocycles. The fraction of sp³-hybridized carbons (Fsp3) is 0.562. The van der Waals surface area contributed by atoms with Gasteiger partial charge in [0.25, 0.3) is 0 Å². The maximum Gasteiger partial charge on any atom is 0.238 e. The van der Waals surface area contributed by atoms with Gasteiger partial charge in [0, 0.05) is 31.4 Å². The number of aliphatic hydroxyl groups is 1. The van der Waals surface area contributed by atoms with Gasteiger partial charge in [-0.05, 0) is 37.0 Å². The normalized spacial score (nSPS) is 15.0. The molecule has 1 amide bonds. The molecule has 0 heterocycles. The summed E-state index contributed by atoms with van der Waals surface area (Å²) in [5.41, 5.74) is 7.40. The molecule has 0 spiro atoms. The van der Waals surface area contributed by atoms with E-state index in [1.54, 1.807) is 0 Å². The quantitative estimate of drug-likeness (QED) is 0.675. The molecule has 0 saturated heterocycles. The van der Waals surface area contributed by atoms with Gasteiger partial charge in [-0.3, -0.25) is 9.69 Å². The van der Waals surface area contributed by atoms with E-state index in [4.69, 9.17) is 10.8 Å². The second-order valence-electron chi connectivity index (χ2n) is 5.58. The molecule has 2 rings (SSSR count). The summed E-state index contributed by atoms with van der Waals surface area (Å²) < 4.78 is 0. The first-order chi connectivity index (χ1) is 10.2. The van der Waals surface area contributed by atoms with Crippen LogP contribution < -0.4 is 11.1 Å². The zero-order chi connectivity index (χ0) is 15.1. The standard InChI is InChI=1S/C16H25N3O2/c17-11-13-5-7-14(8-6-13)18-16(21)12-19(9-2-10-20)15-3-1-4-15/h5-8,15,20H,1-4,9-12,17H2,(H,18,21). The first kappa shape index (κ1) is 15.9. The molecule has 0 atom stereocenters. The van der Waals surface area contributed by atoms with Crippen LogP contribution in [0.3, 0.4) is 0 Å². The van der Waals surface area contributed by atoms with Gasteiger partial charge in [-0.2, -0.15) is 0 Å². The molecule has 5 heteroatoms. The lowest BCUT2D eigenvalue weighted by Crippen LogP contribution is -2.45. The number of hydrogen-bond donors (Lipinski definition) is 3. The number of carbonyl (C=O) groups is 1. The van der Waals surface area contributed by atoms with E-state index < -0.39 is 0 Å². The second-order valence-corrected chi connectivity index (χ2v) is 5.58. The Morgan fingerprint density at radius 3 is 2.57 bits per heavy atom. The molecule has 21 heavy (non-hydrogen) atoms. The molecule has 0 radical (unpaired) electrons. The van der Waals surface area contributed by atoms with Crippen molar-refractivity contribution < 1.29 is 9.90 Å². The number of nitrogens with two attached hydrogens (primary N) is 1. The molecule has 4 N–H and O–H groups in total. The van der Waals surface area contributed by atoms with Crippen LogP contribution >= 0.6 is 0 Å². The van der Waals surface area contributed by atoms with Crippen molar-refractivity contribution in [3.8, 4) is 0 Å². The molecule has 5 nitrogen and oxygen atoms in total. The van der Waals surface area contributed by atoms with Gasteiger partial charge >= 0.3 is 0 Å². The van der Waals surface area contributed by atoms with Crippen molar-refractivity contribution in [2.24, 2.45) is 5.73 Å². The molecule has 0 bridgehead atoms. The molecule has 116 valence electrons. The van der Waals surface area contributed by atoms with Gasteiger partial charge in [0.2, 0.25) is 5.91 Å². The lowest BCUT2D eigenvalue weighted by atomic mass is 9.91. The van der Waals surface area contributed by atoms with Gasteiger partial charge in [0.1, 0.15) is 0 Å². The predicted molar refractivity (Wildman–Crippen MR) is 83.9 cm³/mol. The number of aliphatic hydroxyl groups excluding tert-OH is 1. The van der Waals surface area contributed by atoms with Crippen LogP contribution in [0.2, 0.25) is 0 Å². The summed E-state index contributed by atoms with van der Waals surface area (Å²) in [6.07, 6.45) is 4.27. The summed E-state index contributed by atoms with van der Waals surface area (Å²) in [6, 6.07) is 8.10. The minimum absolute atomic E-state index is 0.000313. The Balaban J connectivity index is 1.85. The smallest absolute Gasteiger partial charge is 0.238 e. The summed E-state index contributed by atoms with van der Waals surface area (Å²) in [6.45, 7) is 1.85. The minimum Gasteiger partial charge on any atom is -0.396 e. The Morgan fingerprint density at radius 1 is 1.33 bits per heavy atom. The monoisotopic (exact) mass is 291 g/mol. The largest absolute Gasteiger partial charge is 0.396 e. The first-order valence-electron chi connectivity index (χ1n) is 7.66. The minimum atomic E-state index is 0.000313. The van der Waals surface area contributed by atoms with Crippen LogP contribution in [0.5, 0.6) is 0 Å². The molecular formula is C16H25N3O2. The van der Waals surface area contributed by atoms with Gasteiger partial charge in [-0.25, -0.2) is 0 Å². The molecular weight excluding hydrogens is 266 g/mol. The third-order valence-corrected chi connectivity index (χ3v) is 4.01. The third kappa shape index (κ3) is 4.81. The van der Waals surface area contributed by atoms with Crippen LogP contribution in [0, 0.1) is 0 Å². The summed E-state index contributed by atoms with van der Waals surface area (Å²) >= 11 is 0. The molecule has 1 aromatic carbocycles. The predicted octanol–water partition coefficient (Wildman–Crippen LogP) is 1.32. The zero-order valence-electron chi connectivity index (χ0n) is 12.4. The lowest BCUT2D eigenvalue weighted by molar-refractivity contribution is -0.118. The lowest BCUT2D eigenvalue weighted by Gasteiger charge is -2.37. The number of nitrogens with zero attached hydrogens (tertiary/aromatic N) is 1. The highest BCUT2D eigenvalue weighted by molar-refractivity contribution is 5.92. The van der Waals surface area contributed by atoms with Crippen LogP contribution in [0.4, 0.5) is 5.69 Å². The Bertz CT molecular complexity index is 443. The number of amides is 1. The zero-order valence-corrected chi connectivity index (χ0v) is 12.4. The Kier molecular flexibility index (Phi) is 6.17. The van der Waals surface area contributed by atoms with E-state index in [1.807, 2.05) is 24.3 Å². The van der Waals surface area contributed by atoms with Gasteiger partial charge in [0.15, 0.2) is 0 Å². The van der Waals surface area contributed by atoms with Crippen LogP contribution in [-0.2, 0) is 11.3 Å². The van der Waals surface area contributed by atoms with Gasteiger partial charge < -0.3 is 16.2 Å². The van der Waals surface area contributed by atoms with Crippen LogP contribution in [-0.4, -0.2) is 41.7 Å². The summed E-state index contributed by atoms with van der Waals surface area (Å²) in [7, 11) is 0. The number of rotatable bonds is 8. The Hall–Kier alpha value is -1.43. The maximum absolute atomic E-state index is 12.1. The molecule has 1 aromatic rings. The molecule has 1 saturated carbocycles. The molecule has 1 aliphatic carbocycles. The van der Waals surface area contributed by atoms with Crippen molar-refractivity contribution in [2.45, 2.75) is 38.3 Å². The molecule has 0 unspecified atom stereocenters. The topological polar surface area (TPSA) is 78.6 Å². The van der Waals surface area contributed by atoms with Crippen molar-refractivity contribution >= 4 is 11.6 Å². The van der Waals surface area contributed by atoms with E-state index in [0.29, 0.717) is 19.1 Å². The Labute approximate surface area is 126 Å². The van der Waals surface area contributed by atoms with E-state index in [1.165, 1.54) is 6.42 Å². The average Bonchev–Trinajstić information content (AvgIpc) is 2.43. The highest BCUT2D eigenvalue weighted by Gasteiger charge is 2.25. The molecule has 1 aliphatic rings. The second kappa shape index (κ2) is 8.12. The fourth-order valence-corrected chi connectivity index (χ4v) is 2.53. The van der Waals surface area contributed by atoms with E-state index in [2.05, 4.69) is 10.2 Å². The van der Waals surface area contributed by atoms with Crippen LogP contribution in [0.25, 0.3) is 0 Å². The maximum atomic E-state index is 12.1. The van der Waals surface area contributed by atoms with Gasteiger partial charge in [-0.15, -0.1) is 0 Å². The number of anilines is 1. The van der Waals surface area contributed by atoms with Crippen molar-refractivity contribution in [2.75, 3.05) is 25.0 Å². The van der Waals surface area contributed by atoms with E-state index >= 15 is 0 Å². The highest BCUT2D eigenvalue weighted by Crippen LogP contribution is 2.24. The number of hydrogen-bond acceptors (Lipinski definition) is 4. The van der Waals surface area contributed by atoms with Crippen molar-refractivity contribution in [1.29, 1.82) is 0 Å². The number of benzene rings is 1. The third-order valence-electron chi connectivity index (χ3n) is 4.01. The summed E-state index contributed by atoms with van der Waals surface area (Å²) in [4.78, 5) is 14.3. The number of carbonyl (C=O) groups excluding carboxylic acids is 1. The van der Waals surface area contributed by atoms with E-state index in [9.17, 15) is 4.79 Å². The van der Waals surface area contributed by atoms with E-state index in [-0.39, 0.29) is 12.5 Å². The Morgan fingerprint density at radius 2 is 2.05 bits per heavy atom.